The third-order valence-corrected chi connectivity index (χ3v) is 6.27. The molecule has 2 heterocycles. The van der Waals surface area contributed by atoms with Crippen molar-refractivity contribution in [1.82, 2.24) is 14.4 Å². The van der Waals surface area contributed by atoms with Crippen molar-refractivity contribution in [3.63, 3.8) is 0 Å². The largest absolute Gasteiger partial charge is 0.497 e. The molecule has 1 fully saturated rings. The van der Waals surface area contributed by atoms with Gasteiger partial charge in [0.1, 0.15) is 11.5 Å². The van der Waals surface area contributed by atoms with E-state index in [9.17, 15) is 9.59 Å². The van der Waals surface area contributed by atoms with Crippen molar-refractivity contribution in [3.8, 4) is 28.4 Å². The van der Waals surface area contributed by atoms with Crippen LogP contribution < -0.4 is 9.47 Å². The summed E-state index contributed by atoms with van der Waals surface area (Å²) in [7, 11) is 3.27. The first-order valence-electron chi connectivity index (χ1n) is 11.7. The zero-order chi connectivity index (χ0) is 24.9. The highest BCUT2D eigenvalue weighted by atomic mass is 16.6. The average molecular weight is 478 g/mol. The van der Waals surface area contributed by atoms with E-state index >= 15 is 0 Å². The summed E-state index contributed by atoms with van der Waals surface area (Å²) < 4.78 is 17.9. The van der Waals surface area contributed by atoms with Gasteiger partial charge in [0.2, 0.25) is 0 Å². The number of carbonyl (C=O) groups is 2. The normalized spacial score (nSPS) is 13.5. The van der Waals surface area contributed by atoms with Crippen LogP contribution in [0.4, 0.5) is 4.79 Å². The molecule has 0 atom stereocenters. The number of benzene rings is 2. The molecule has 0 saturated carbocycles. The van der Waals surface area contributed by atoms with Gasteiger partial charge in [-0.25, -0.2) is 4.79 Å². The minimum atomic E-state index is -0.332. The number of aromatic nitrogens is 1. The number of rotatable bonds is 6. The Labute approximate surface area is 205 Å². The van der Waals surface area contributed by atoms with E-state index in [0.29, 0.717) is 38.3 Å². The van der Waals surface area contributed by atoms with E-state index in [-0.39, 0.29) is 12.0 Å². The van der Waals surface area contributed by atoms with Crippen LogP contribution in [0, 0.1) is 6.92 Å². The predicted molar refractivity (Wildman–Crippen MR) is 134 cm³/mol. The summed E-state index contributed by atoms with van der Waals surface area (Å²) in [6, 6.07) is 17.5. The Bertz CT molecular complexity index is 1190. The smallest absolute Gasteiger partial charge is 0.409 e. The number of amides is 2. The zero-order valence-electron chi connectivity index (χ0n) is 20.6. The number of carbonyl (C=O) groups excluding carboxylic acids is 2. The number of hydrogen-bond donors (Lipinski definition) is 0. The zero-order valence-corrected chi connectivity index (χ0v) is 20.6. The Morgan fingerprint density at radius 3 is 2.14 bits per heavy atom. The van der Waals surface area contributed by atoms with Gasteiger partial charge < -0.3 is 28.6 Å². The Hall–Kier alpha value is -3.94. The van der Waals surface area contributed by atoms with Gasteiger partial charge >= 0.3 is 6.09 Å². The molecule has 0 unspecified atom stereocenters. The molecule has 0 bridgehead atoms. The molecule has 2 amide bonds. The summed E-state index contributed by atoms with van der Waals surface area (Å²) in [6.07, 6.45) is -0.332. The first-order valence-corrected chi connectivity index (χ1v) is 11.7. The number of piperazine rings is 1. The van der Waals surface area contributed by atoms with E-state index in [2.05, 4.69) is 4.57 Å². The third kappa shape index (κ3) is 4.96. The molecule has 3 aromatic rings. The molecule has 0 radical (unpaired) electrons. The second kappa shape index (κ2) is 10.5. The van der Waals surface area contributed by atoms with E-state index < -0.39 is 0 Å². The van der Waals surface area contributed by atoms with E-state index in [1.807, 2.05) is 61.5 Å². The van der Waals surface area contributed by atoms with Gasteiger partial charge in [0, 0.05) is 43.6 Å². The lowest BCUT2D eigenvalue weighted by Crippen LogP contribution is -2.50. The molecule has 2 aromatic carbocycles. The summed E-state index contributed by atoms with van der Waals surface area (Å²) >= 11 is 0. The second-order valence-electron chi connectivity index (χ2n) is 8.27. The van der Waals surface area contributed by atoms with Crippen LogP contribution >= 0.6 is 0 Å². The predicted octanol–water partition coefficient (Wildman–Crippen LogP) is 4.38. The Balaban J connectivity index is 1.69. The van der Waals surface area contributed by atoms with E-state index in [4.69, 9.17) is 14.2 Å². The molecule has 1 aliphatic heterocycles. The molecule has 35 heavy (non-hydrogen) atoms. The highest BCUT2D eigenvalue weighted by molar-refractivity contribution is 5.97. The van der Waals surface area contributed by atoms with E-state index in [1.54, 1.807) is 30.9 Å². The van der Waals surface area contributed by atoms with Gasteiger partial charge in [-0.1, -0.05) is 6.07 Å². The quantitative estimate of drug-likeness (QED) is 0.527. The van der Waals surface area contributed by atoms with Crippen LogP contribution in [-0.4, -0.2) is 73.4 Å². The topological polar surface area (TPSA) is 73.2 Å². The summed E-state index contributed by atoms with van der Waals surface area (Å²) in [6.45, 7) is 5.89. The van der Waals surface area contributed by atoms with Crippen LogP contribution in [0.5, 0.6) is 11.5 Å². The van der Waals surface area contributed by atoms with Crippen LogP contribution in [-0.2, 0) is 4.74 Å². The Morgan fingerprint density at radius 1 is 0.857 bits per heavy atom. The molecule has 8 nitrogen and oxygen atoms in total. The van der Waals surface area contributed by atoms with Gasteiger partial charge in [0.25, 0.3) is 5.91 Å². The maximum absolute atomic E-state index is 13.6. The highest BCUT2D eigenvalue weighted by Crippen LogP contribution is 2.32. The van der Waals surface area contributed by atoms with Crippen LogP contribution in [0.25, 0.3) is 16.9 Å². The number of hydrogen-bond acceptors (Lipinski definition) is 5. The lowest BCUT2D eigenvalue weighted by atomic mass is 10.1. The summed E-state index contributed by atoms with van der Waals surface area (Å²) in [5.41, 5.74) is 4.22. The molecule has 0 N–H and O–H groups in total. The molecular weight excluding hydrogens is 446 g/mol. The number of methoxy groups -OCH3 is 2. The van der Waals surface area contributed by atoms with E-state index in [0.717, 1.165) is 34.1 Å². The van der Waals surface area contributed by atoms with Crippen molar-refractivity contribution in [2.24, 2.45) is 0 Å². The van der Waals surface area contributed by atoms with Gasteiger partial charge in [-0.05, 0) is 61.9 Å². The maximum Gasteiger partial charge on any atom is 0.409 e. The Morgan fingerprint density at radius 2 is 1.51 bits per heavy atom. The Kier molecular flexibility index (Phi) is 7.29. The third-order valence-electron chi connectivity index (χ3n) is 6.27. The summed E-state index contributed by atoms with van der Waals surface area (Å²) in [5, 5.41) is 0. The first kappa shape index (κ1) is 24.2. The molecule has 0 spiro atoms. The molecular formula is C27H31N3O5. The van der Waals surface area contributed by atoms with Crippen LogP contribution in [0.3, 0.4) is 0 Å². The van der Waals surface area contributed by atoms with Gasteiger partial charge in [-0.3, -0.25) is 4.79 Å². The van der Waals surface area contributed by atoms with Gasteiger partial charge in [0.15, 0.2) is 0 Å². The first-order chi connectivity index (χ1) is 17.0. The van der Waals surface area contributed by atoms with Crippen LogP contribution in [0.1, 0.15) is 23.0 Å². The molecule has 1 aromatic heterocycles. The fourth-order valence-electron chi connectivity index (χ4n) is 4.36. The van der Waals surface area contributed by atoms with Gasteiger partial charge in [-0.15, -0.1) is 0 Å². The number of nitrogens with zero attached hydrogens (tertiary/aromatic N) is 3. The number of ether oxygens (including phenoxy) is 3. The molecule has 4 rings (SSSR count). The van der Waals surface area contributed by atoms with Gasteiger partial charge in [0.05, 0.1) is 32.1 Å². The fraction of sp³-hybridized carbons (Fsp3) is 0.333. The lowest BCUT2D eigenvalue weighted by Gasteiger charge is -2.34. The second-order valence-corrected chi connectivity index (χ2v) is 8.27. The summed E-state index contributed by atoms with van der Waals surface area (Å²) in [4.78, 5) is 29.1. The van der Waals surface area contributed by atoms with Gasteiger partial charge in [-0.2, -0.15) is 0 Å². The molecule has 0 aliphatic carbocycles. The molecule has 8 heteroatoms. The SMILES string of the molecule is CCOC(=O)N1CCN(C(=O)c2cc(-c3ccc(OC)cc3)n(-c3cccc(OC)c3)c2C)CC1. The van der Waals surface area contributed by atoms with Crippen molar-refractivity contribution in [3.05, 3.63) is 65.9 Å². The maximum atomic E-state index is 13.6. The molecule has 1 saturated heterocycles. The van der Waals surface area contributed by atoms with Crippen molar-refractivity contribution in [2.75, 3.05) is 47.0 Å². The van der Waals surface area contributed by atoms with Crippen LogP contribution in [0.2, 0.25) is 0 Å². The van der Waals surface area contributed by atoms with Crippen molar-refractivity contribution < 1.29 is 23.8 Å². The highest BCUT2D eigenvalue weighted by Gasteiger charge is 2.28. The lowest BCUT2D eigenvalue weighted by molar-refractivity contribution is 0.0570. The minimum Gasteiger partial charge on any atom is -0.497 e. The summed E-state index contributed by atoms with van der Waals surface area (Å²) in [5.74, 6) is 1.45. The monoisotopic (exact) mass is 477 g/mol. The fourth-order valence-corrected chi connectivity index (χ4v) is 4.36. The average Bonchev–Trinajstić information content (AvgIpc) is 3.25. The van der Waals surface area contributed by atoms with Crippen LogP contribution in [0.15, 0.2) is 54.6 Å². The van der Waals surface area contributed by atoms with Crippen molar-refractivity contribution in [2.45, 2.75) is 13.8 Å². The molecule has 184 valence electrons. The van der Waals surface area contributed by atoms with Crippen molar-refractivity contribution >= 4 is 12.0 Å². The minimum absolute atomic E-state index is 0.0533. The molecule has 1 aliphatic rings. The standard InChI is InChI=1S/C27H31N3O5/c1-5-35-27(32)29-15-13-28(14-16-29)26(31)24-18-25(20-9-11-22(33-3)12-10-20)30(19(24)2)21-7-6-8-23(17-21)34-4/h6-12,17-18H,5,13-16H2,1-4H3. The van der Waals surface area contributed by atoms with E-state index in [1.165, 1.54) is 0 Å². The van der Waals surface area contributed by atoms with Crippen molar-refractivity contribution in [1.29, 1.82) is 0 Å².